The summed E-state index contributed by atoms with van der Waals surface area (Å²) in [6.45, 7) is 7.64. The van der Waals surface area contributed by atoms with Gasteiger partial charge in [0.05, 0.1) is 5.92 Å². The topological polar surface area (TPSA) is 58.6 Å². The highest BCUT2D eigenvalue weighted by Crippen LogP contribution is 2.61. The number of allylic oxidation sites excluding steroid dienone is 1. The van der Waals surface area contributed by atoms with Crippen molar-refractivity contribution in [1.29, 1.82) is 0 Å². The van der Waals surface area contributed by atoms with E-state index in [0.717, 1.165) is 19.3 Å². The molecule has 3 rings (SSSR count). The van der Waals surface area contributed by atoms with Gasteiger partial charge in [0, 0.05) is 11.8 Å². The summed E-state index contributed by atoms with van der Waals surface area (Å²) in [5.41, 5.74) is -2.89. The van der Waals surface area contributed by atoms with Crippen LogP contribution in [0.3, 0.4) is 0 Å². The first-order chi connectivity index (χ1) is 10.3. The maximum atomic E-state index is 12.5. The standard InChI is InChI=1S/C17H24ClNO3/c1-11-17(15(2,21)12-7-5-4-6-8-12)16(3,22-11)13(9-10-18)14(20)19-17/h5,7,12-13,21H,1,4,6,8-10H2,2-3H3,(H,19,20)/t12?,13-,15-,16-,17+/m0/s1. The van der Waals surface area contributed by atoms with Crippen molar-refractivity contribution in [3.63, 3.8) is 0 Å². The van der Waals surface area contributed by atoms with E-state index in [9.17, 15) is 9.90 Å². The molecule has 22 heavy (non-hydrogen) atoms. The van der Waals surface area contributed by atoms with Crippen molar-refractivity contribution in [1.82, 2.24) is 5.32 Å². The van der Waals surface area contributed by atoms with E-state index >= 15 is 0 Å². The van der Waals surface area contributed by atoms with Crippen LogP contribution < -0.4 is 5.32 Å². The van der Waals surface area contributed by atoms with E-state index in [-0.39, 0.29) is 17.7 Å². The number of nitrogens with one attached hydrogen (secondary N) is 1. The Morgan fingerprint density at radius 3 is 2.91 bits per heavy atom. The Morgan fingerprint density at radius 1 is 1.64 bits per heavy atom. The largest absolute Gasteiger partial charge is 0.486 e. The molecule has 122 valence electrons. The van der Waals surface area contributed by atoms with Crippen LogP contribution in [0.2, 0.25) is 0 Å². The van der Waals surface area contributed by atoms with Crippen LogP contribution in [-0.4, -0.2) is 33.6 Å². The third-order valence-electron chi connectivity index (χ3n) is 5.92. The summed E-state index contributed by atoms with van der Waals surface area (Å²) >= 11 is 5.86. The molecule has 1 amide bonds. The number of aliphatic hydroxyl groups is 1. The van der Waals surface area contributed by atoms with E-state index in [1.54, 1.807) is 6.92 Å². The van der Waals surface area contributed by atoms with Crippen molar-refractivity contribution in [2.75, 3.05) is 5.88 Å². The minimum atomic E-state index is -1.15. The smallest absolute Gasteiger partial charge is 0.228 e. The average Bonchev–Trinajstić information content (AvgIpc) is 2.66. The zero-order valence-corrected chi connectivity index (χ0v) is 13.9. The highest BCUT2D eigenvalue weighted by Gasteiger charge is 2.79. The Bertz CT molecular complexity index is 544. The molecule has 1 aliphatic carbocycles. The van der Waals surface area contributed by atoms with Gasteiger partial charge in [-0.1, -0.05) is 18.7 Å². The molecule has 0 aromatic carbocycles. The summed E-state index contributed by atoms with van der Waals surface area (Å²) < 4.78 is 5.85. The maximum Gasteiger partial charge on any atom is 0.228 e. The number of ether oxygens (including phenoxy) is 1. The van der Waals surface area contributed by atoms with Crippen molar-refractivity contribution >= 4 is 17.5 Å². The number of hydrogen-bond donors (Lipinski definition) is 2. The molecule has 4 nitrogen and oxygen atoms in total. The van der Waals surface area contributed by atoms with E-state index in [2.05, 4.69) is 24.0 Å². The highest BCUT2D eigenvalue weighted by molar-refractivity contribution is 6.18. The quantitative estimate of drug-likeness (QED) is 0.617. The minimum Gasteiger partial charge on any atom is -0.486 e. The first kappa shape index (κ1) is 15.9. The van der Waals surface area contributed by atoms with Crippen molar-refractivity contribution < 1.29 is 14.6 Å². The number of fused-ring (bicyclic) bond motifs is 1. The first-order valence-electron chi connectivity index (χ1n) is 7.96. The second kappa shape index (κ2) is 5.00. The molecule has 0 radical (unpaired) electrons. The molecule has 2 aliphatic heterocycles. The van der Waals surface area contributed by atoms with Crippen LogP contribution >= 0.6 is 11.6 Å². The van der Waals surface area contributed by atoms with Gasteiger partial charge in [0.15, 0.2) is 11.1 Å². The Balaban J connectivity index is 2.03. The first-order valence-corrected chi connectivity index (χ1v) is 8.50. The molecule has 1 unspecified atom stereocenters. The summed E-state index contributed by atoms with van der Waals surface area (Å²) in [5, 5.41) is 14.4. The molecule has 0 aromatic rings. The predicted molar refractivity (Wildman–Crippen MR) is 85.4 cm³/mol. The van der Waals surface area contributed by atoms with Crippen molar-refractivity contribution in [2.45, 2.75) is 56.3 Å². The van der Waals surface area contributed by atoms with E-state index in [4.69, 9.17) is 16.3 Å². The molecular weight excluding hydrogens is 302 g/mol. The Hall–Kier alpha value is -1.00. The molecular formula is C17H24ClNO3. The summed E-state index contributed by atoms with van der Waals surface area (Å²) in [6.07, 6.45) is 7.66. The van der Waals surface area contributed by atoms with Gasteiger partial charge in [-0.25, -0.2) is 0 Å². The lowest BCUT2D eigenvalue weighted by Gasteiger charge is -2.62. The van der Waals surface area contributed by atoms with Crippen molar-refractivity contribution in [3.8, 4) is 0 Å². The summed E-state index contributed by atoms with van der Waals surface area (Å²) in [4.78, 5) is 12.5. The lowest BCUT2D eigenvalue weighted by atomic mass is 9.57. The molecule has 0 bridgehead atoms. The van der Waals surface area contributed by atoms with Gasteiger partial charge >= 0.3 is 0 Å². The van der Waals surface area contributed by atoms with Gasteiger partial charge in [0.2, 0.25) is 5.91 Å². The molecule has 2 saturated heterocycles. The van der Waals surface area contributed by atoms with Crippen molar-refractivity contribution in [3.05, 3.63) is 24.5 Å². The summed E-state index contributed by atoms with van der Waals surface area (Å²) in [7, 11) is 0. The number of hydrogen-bond acceptors (Lipinski definition) is 3. The van der Waals surface area contributed by atoms with Gasteiger partial charge in [0.25, 0.3) is 0 Å². The molecule has 2 N–H and O–H groups in total. The van der Waals surface area contributed by atoms with Gasteiger partial charge in [0.1, 0.15) is 11.4 Å². The van der Waals surface area contributed by atoms with Crippen LogP contribution in [0, 0.1) is 11.8 Å². The number of rotatable bonds is 4. The molecule has 3 aliphatic rings. The van der Waals surface area contributed by atoms with Crippen LogP contribution in [0.25, 0.3) is 0 Å². The molecule has 5 heteroatoms. The monoisotopic (exact) mass is 325 g/mol. The summed E-state index contributed by atoms with van der Waals surface area (Å²) in [5.74, 6) is 0.322. The van der Waals surface area contributed by atoms with E-state index in [1.807, 2.05) is 6.92 Å². The maximum absolute atomic E-state index is 12.5. The van der Waals surface area contributed by atoms with Crippen LogP contribution in [-0.2, 0) is 9.53 Å². The molecule has 2 heterocycles. The third-order valence-corrected chi connectivity index (χ3v) is 6.14. The van der Waals surface area contributed by atoms with Gasteiger partial charge in [-0.2, -0.15) is 0 Å². The fraction of sp³-hybridized carbons (Fsp3) is 0.706. The number of alkyl halides is 1. The van der Waals surface area contributed by atoms with Gasteiger partial charge < -0.3 is 15.2 Å². The predicted octanol–water partition coefficient (Wildman–Crippen LogP) is 2.51. The molecule has 0 saturated carbocycles. The van der Waals surface area contributed by atoms with Crippen molar-refractivity contribution in [2.24, 2.45) is 11.8 Å². The summed E-state index contributed by atoms with van der Waals surface area (Å²) in [6, 6.07) is 0. The molecule has 5 atom stereocenters. The lowest BCUT2D eigenvalue weighted by molar-refractivity contribution is -0.235. The number of amides is 1. The Morgan fingerprint density at radius 2 is 2.36 bits per heavy atom. The Labute approximate surface area is 136 Å². The van der Waals surface area contributed by atoms with E-state index < -0.39 is 16.7 Å². The zero-order chi connectivity index (χ0) is 16.2. The van der Waals surface area contributed by atoms with Gasteiger partial charge in [-0.15, -0.1) is 11.6 Å². The number of carbonyl (C=O) groups excluding carboxylic acids is 1. The zero-order valence-electron chi connectivity index (χ0n) is 13.2. The molecule has 0 aromatic heterocycles. The number of carbonyl (C=O) groups is 1. The fourth-order valence-electron chi connectivity index (χ4n) is 4.67. The molecule has 0 spiro atoms. The van der Waals surface area contributed by atoms with Crippen LogP contribution in [0.5, 0.6) is 0 Å². The normalized spacial score (nSPS) is 42.9. The van der Waals surface area contributed by atoms with E-state index in [1.165, 1.54) is 0 Å². The third kappa shape index (κ3) is 1.71. The van der Waals surface area contributed by atoms with Gasteiger partial charge in [-0.3, -0.25) is 4.79 Å². The fourth-order valence-corrected chi connectivity index (χ4v) is 4.89. The van der Waals surface area contributed by atoms with E-state index in [0.29, 0.717) is 18.1 Å². The average molecular weight is 326 g/mol. The van der Waals surface area contributed by atoms with Crippen LogP contribution in [0.1, 0.15) is 39.5 Å². The Kier molecular flexibility index (Phi) is 3.61. The minimum absolute atomic E-state index is 0.0312. The number of halogens is 1. The lowest BCUT2D eigenvalue weighted by Crippen LogP contribution is -2.79. The second-order valence-electron chi connectivity index (χ2n) is 7.01. The van der Waals surface area contributed by atoms with Crippen LogP contribution in [0.4, 0.5) is 0 Å². The second-order valence-corrected chi connectivity index (χ2v) is 7.39. The van der Waals surface area contributed by atoms with Gasteiger partial charge in [-0.05, 0) is 39.5 Å². The SMILES string of the molecule is C=C1O[C@@]2(C)[C@@H](CCCl)C(=O)N[C@@]12[C@@](C)(O)C1C=CCCC1. The highest BCUT2D eigenvalue weighted by atomic mass is 35.5. The van der Waals surface area contributed by atoms with Crippen LogP contribution in [0.15, 0.2) is 24.5 Å². The molecule has 2 fully saturated rings.